The van der Waals surface area contributed by atoms with Crippen LogP contribution < -0.4 is 10.6 Å². The van der Waals surface area contributed by atoms with Crippen LogP contribution in [0.2, 0.25) is 0 Å². The molecule has 1 saturated heterocycles. The predicted octanol–water partition coefficient (Wildman–Crippen LogP) is 2.43. The zero-order chi connectivity index (χ0) is 13.0. The van der Waals surface area contributed by atoms with Crippen molar-refractivity contribution in [3.63, 3.8) is 0 Å². The first kappa shape index (κ1) is 12.8. The van der Waals surface area contributed by atoms with Gasteiger partial charge in [0.1, 0.15) is 5.82 Å². The molecule has 98 valence electrons. The third-order valence-corrected chi connectivity index (χ3v) is 2.94. The zero-order valence-corrected chi connectivity index (χ0v) is 10.3. The number of benzene rings is 1. The van der Waals surface area contributed by atoms with Crippen molar-refractivity contribution in [1.29, 1.82) is 0 Å². The molecule has 0 saturated carbocycles. The van der Waals surface area contributed by atoms with Crippen LogP contribution in [-0.4, -0.2) is 25.3 Å². The molecular weight excluding hydrogens is 235 g/mol. The number of halogens is 1. The summed E-state index contributed by atoms with van der Waals surface area (Å²) in [6.45, 7) is 2.92. The van der Waals surface area contributed by atoms with Crippen molar-refractivity contribution >= 4 is 11.7 Å². The molecule has 2 rings (SSSR count). The molecule has 0 aliphatic carbocycles. The molecule has 0 bridgehead atoms. The van der Waals surface area contributed by atoms with E-state index in [2.05, 4.69) is 10.6 Å². The zero-order valence-electron chi connectivity index (χ0n) is 10.3. The van der Waals surface area contributed by atoms with Crippen LogP contribution in [0.25, 0.3) is 0 Å². The molecule has 0 unspecified atom stereocenters. The molecule has 1 aromatic carbocycles. The van der Waals surface area contributed by atoms with Gasteiger partial charge in [-0.2, -0.15) is 0 Å². The number of carbonyl (C=O) groups excluding carboxylic acids is 1. The van der Waals surface area contributed by atoms with E-state index in [9.17, 15) is 9.18 Å². The lowest BCUT2D eigenvalue weighted by Gasteiger charge is -2.12. The van der Waals surface area contributed by atoms with Crippen molar-refractivity contribution in [2.75, 3.05) is 18.5 Å². The number of hydrogen-bond donors (Lipinski definition) is 2. The number of ether oxygens (including phenoxy) is 1. The van der Waals surface area contributed by atoms with Crippen LogP contribution in [0, 0.1) is 12.7 Å². The third-order valence-electron chi connectivity index (χ3n) is 2.94. The molecule has 2 amide bonds. The second kappa shape index (κ2) is 5.82. The molecule has 2 N–H and O–H groups in total. The quantitative estimate of drug-likeness (QED) is 0.868. The number of aryl methyl sites for hydroxylation is 1. The number of hydrogen-bond acceptors (Lipinski definition) is 2. The molecule has 1 fully saturated rings. The van der Waals surface area contributed by atoms with Gasteiger partial charge >= 0.3 is 6.03 Å². The lowest BCUT2D eigenvalue weighted by Crippen LogP contribution is -2.35. The lowest BCUT2D eigenvalue weighted by molar-refractivity contribution is 0.112. The monoisotopic (exact) mass is 252 g/mol. The summed E-state index contributed by atoms with van der Waals surface area (Å²) in [6, 6.07) is 4.27. The summed E-state index contributed by atoms with van der Waals surface area (Å²) in [4.78, 5) is 11.6. The Morgan fingerprint density at radius 1 is 1.56 bits per heavy atom. The highest BCUT2D eigenvalue weighted by atomic mass is 19.1. The van der Waals surface area contributed by atoms with Crippen LogP contribution in [0.4, 0.5) is 14.9 Å². The first-order valence-electron chi connectivity index (χ1n) is 6.08. The highest BCUT2D eigenvalue weighted by Crippen LogP contribution is 2.13. The average molecular weight is 252 g/mol. The summed E-state index contributed by atoms with van der Waals surface area (Å²) in [5.41, 5.74) is 1.00. The second-order valence-corrected chi connectivity index (χ2v) is 4.43. The number of carbonyl (C=O) groups is 1. The standard InChI is InChI=1S/C13H17FN2O2/c1-9-4-5-10(7-12(9)14)16-13(17)15-8-11-3-2-6-18-11/h4-5,7,11H,2-3,6,8H2,1H3,(H2,15,16,17)/t11-/m0/s1. The maximum Gasteiger partial charge on any atom is 0.319 e. The summed E-state index contributed by atoms with van der Waals surface area (Å²) in [6.07, 6.45) is 2.11. The number of amides is 2. The third kappa shape index (κ3) is 3.43. The van der Waals surface area contributed by atoms with Crippen LogP contribution in [0.15, 0.2) is 18.2 Å². The Bertz CT molecular complexity index is 431. The summed E-state index contributed by atoms with van der Waals surface area (Å²) < 4.78 is 18.7. The second-order valence-electron chi connectivity index (χ2n) is 4.43. The van der Waals surface area contributed by atoms with Gasteiger partial charge in [-0.3, -0.25) is 0 Å². The maximum atomic E-state index is 13.3. The minimum Gasteiger partial charge on any atom is -0.376 e. The summed E-state index contributed by atoms with van der Waals surface area (Å²) in [7, 11) is 0. The normalized spacial score (nSPS) is 18.7. The van der Waals surface area contributed by atoms with Crippen LogP contribution in [0.3, 0.4) is 0 Å². The number of urea groups is 1. The number of nitrogens with one attached hydrogen (secondary N) is 2. The molecule has 18 heavy (non-hydrogen) atoms. The Balaban J connectivity index is 1.80. The average Bonchev–Trinajstić information content (AvgIpc) is 2.84. The minimum absolute atomic E-state index is 0.102. The van der Waals surface area contributed by atoms with Crippen molar-refractivity contribution < 1.29 is 13.9 Å². The van der Waals surface area contributed by atoms with Gasteiger partial charge in [0.05, 0.1) is 6.10 Å². The van der Waals surface area contributed by atoms with E-state index >= 15 is 0 Å². The predicted molar refractivity (Wildman–Crippen MR) is 67.1 cm³/mol. The van der Waals surface area contributed by atoms with Gasteiger partial charge < -0.3 is 15.4 Å². The van der Waals surface area contributed by atoms with Crippen LogP contribution in [0.5, 0.6) is 0 Å². The van der Waals surface area contributed by atoms with Crippen LogP contribution in [-0.2, 0) is 4.74 Å². The molecule has 5 heteroatoms. The van der Waals surface area contributed by atoms with E-state index in [4.69, 9.17) is 4.74 Å². The Morgan fingerprint density at radius 3 is 3.06 bits per heavy atom. The van der Waals surface area contributed by atoms with Gasteiger partial charge in [0.2, 0.25) is 0 Å². The molecule has 0 spiro atoms. The van der Waals surface area contributed by atoms with Crippen molar-refractivity contribution in [3.8, 4) is 0 Å². The summed E-state index contributed by atoms with van der Waals surface area (Å²) in [5.74, 6) is -0.327. The van der Waals surface area contributed by atoms with E-state index in [-0.39, 0.29) is 18.0 Å². The van der Waals surface area contributed by atoms with E-state index in [0.29, 0.717) is 17.8 Å². The van der Waals surface area contributed by atoms with Gasteiger partial charge in [-0.1, -0.05) is 6.07 Å². The van der Waals surface area contributed by atoms with Gasteiger partial charge in [0, 0.05) is 18.8 Å². The molecular formula is C13H17FN2O2. The molecule has 0 aromatic heterocycles. The number of rotatable bonds is 3. The Hall–Kier alpha value is -1.62. The molecule has 1 aromatic rings. The van der Waals surface area contributed by atoms with E-state index < -0.39 is 0 Å². The van der Waals surface area contributed by atoms with Crippen LogP contribution >= 0.6 is 0 Å². The van der Waals surface area contributed by atoms with Crippen molar-refractivity contribution in [3.05, 3.63) is 29.6 Å². The smallest absolute Gasteiger partial charge is 0.319 e. The first-order chi connectivity index (χ1) is 8.65. The molecule has 1 aliphatic heterocycles. The Morgan fingerprint density at radius 2 is 2.39 bits per heavy atom. The topological polar surface area (TPSA) is 50.4 Å². The maximum absolute atomic E-state index is 13.3. The Kier molecular flexibility index (Phi) is 4.15. The van der Waals surface area contributed by atoms with Crippen LogP contribution in [0.1, 0.15) is 18.4 Å². The van der Waals surface area contributed by atoms with Gasteiger partial charge in [-0.15, -0.1) is 0 Å². The largest absolute Gasteiger partial charge is 0.376 e. The molecule has 1 heterocycles. The molecule has 0 radical (unpaired) electrons. The van der Waals surface area contributed by atoms with E-state index in [1.807, 2.05) is 0 Å². The fraction of sp³-hybridized carbons (Fsp3) is 0.462. The number of anilines is 1. The minimum atomic E-state index is -0.339. The van der Waals surface area contributed by atoms with Crippen molar-refractivity contribution in [1.82, 2.24) is 5.32 Å². The van der Waals surface area contributed by atoms with Crippen molar-refractivity contribution in [2.24, 2.45) is 0 Å². The summed E-state index contributed by atoms with van der Waals surface area (Å²) >= 11 is 0. The van der Waals surface area contributed by atoms with Crippen molar-refractivity contribution in [2.45, 2.75) is 25.9 Å². The molecule has 1 aliphatic rings. The van der Waals surface area contributed by atoms with E-state index in [1.165, 1.54) is 6.07 Å². The Labute approximate surface area is 106 Å². The lowest BCUT2D eigenvalue weighted by atomic mass is 10.2. The van der Waals surface area contributed by atoms with Gasteiger partial charge in [0.25, 0.3) is 0 Å². The fourth-order valence-corrected chi connectivity index (χ4v) is 1.86. The van der Waals surface area contributed by atoms with Gasteiger partial charge in [-0.25, -0.2) is 9.18 Å². The SMILES string of the molecule is Cc1ccc(NC(=O)NC[C@@H]2CCCO2)cc1F. The van der Waals surface area contributed by atoms with E-state index in [1.54, 1.807) is 19.1 Å². The van der Waals surface area contributed by atoms with Gasteiger partial charge in [-0.05, 0) is 37.5 Å². The summed E-state index contributed by atoms with van der Waals surface area (Å²) in [5, 5.41) is 5.30. The molecule has 4 nitrogen and oxygen atoms in total. The van der Waals surface area contributed by atoms with Gasteiger partial charge in [0.15, 0.2) is 0 Å². The highest BCUT2D eigenvalue weighted by molar-refractivity contribution is 5.89. The molecule has 1 atom stereocenters. The van der Waals surface area contributed by atoms with E-state index in [0.717, 1.165) is 19.4 Å². The first-order valence-corrected chi connectivity index (χ1v) is 6.08. The fourth-order valence-electron chi connectivity index (χ4n) is 1.86. The highest BCUT2D eigenvalue weighted by Gasteiger charge is 2.16.